The van der Waals surface area contributed by atoms with E-state index in [1.54, 1.807) is 0 Å². The van der Waals surface area contributed by atoms with E-state index in [2.05, 4.69) is 32.7 Å². The van der Waals surface area contributed by atoms with Gasteiger partial charge in [0.25, 0.3) is 5.56 Å². The van der Waals surface area contributed by atoms with Gasteiger partial charge in [-0.2, -0.15) is 0 Å². The summed E-state index contributed by atoms with van der Waals surface area (Å²) in [7, 11) is 0. The zero-order valence-corrected chi connectivity index (χ0v) is 16.0. The molecule has 0 saturated carbocycles. The van der Waals surface area contributed by atoms with Crippen LogP contribution in [0.3, 0.4) is 0 Å². The van der Waals surface area contributed by atoms with Gasteiger partial charge in [-0.05, 0) is 43.0 Å². The van der Waals surface area contributed by atoms with Crippen molar-refractivity contribution in [3.05, 3.63) is 63.8 Å². The molecule has 1 aliphatic heterocycles. The zero-order valence-electron chi connectivity index (χ0n) is 14.4. The van der Waals surface area contributed by atoms with Gasteiger partial charge in [-0.1, -0.05) is 24.3 Å². The summed E-state index contributed by atoms with van der Waals surface area (Å²) in [5.74, 6) is 0.644. The van der Waals surface area contributed by atoms with Crippen molar-refractivity contribution in [2.75, 3.05) is 13.1 Å². The Kier molecular flexibility index (Phi) is 9.34. The number of hydrogen-bond acceptors (Lipinski definition) is 4. The highest BCUT2D eigenvalue weighted by atomic mass is 35.5. The van der Waals surface area contributed by atoms with E-state index in [9.17, 15) is 9.59 Å². The summed E-state index contributed by atoms with van der Waals surface area (Å²) in [6.45, 7) is 2.47. The fourth-order valence-corrected chi connectivity index (χ4v) is 2.96. The number of carbonyl (C=O) groups is 1. The summed E-state index contributed by atoms with van der Waals surface area (Å²) >= 11 is 0. The predicted octanol–water partition coefficient (Wildman–Crippen LogP) is 1.62. The van der Waals surface area contributed by atoms with Crippen molar-refractivity contribution in [2.24, 2.45) is 5.92 Å². The third kappa shape index (κ3) is 6.78. The standard InChI is InChI=1S/C18H22N4O2.2ClH/c23-17(20-11-16-9-18(24)22-12-21-16)8-14-3-1-13(2-4-14)7-15-5-6-19-10-15;;/h1-4,9,12,15,19H,5-8,10-11H2,(H,20,23)(H,21,22,24);2*1H. The van der Waals surface area contributed by atoms with Gasteiger partial charge >= 0.3 is 0 Å². The third-order valence-electron chi connectivity index (χ3n) is 4.28. The van der Waals surface area contributed by atoms with Gasteiger partial charge in [-0.3, -0.25) is 9.59 Å². The Morgan fingerprint density at radius 1 is 1.19 bits per heavy atom. The molecule has 1 atom stereocenters. The molecule has 1 unspecified atom stereocenters. The van der Waals surface area contributed by atoms with Crippen LogP contribution in [-0.2, 0) is 24.2 Å². The van der Waals surface area contributed by atoms with Gasteiger partial charge in [-0.25, -0.2) is 4.98 Å². The first kappa shape index (κ1) is 22.2. The van der Waals surface area contributed by atoms with Gasteiger partial charge in [0, 0.05) is 6.07 Å². The molecule has 1 aliphatic rings. The average Bonchev–Trinajstić information content (AvgIpc) is 3.08. The molecule has 0 aliphatic carbocycles. The van der Waals surface area contributed by atoms with E-state index < -0.39 is 0 Å². The van der Waals surface area contributed by atoms with E-state index in [0.29, 0.717) is 12.1 Å². The minimum Gasteiger partial charge on any atom is -0.350 e. The van der Waals surface area contributed by atoms with Gasteiger partial charge in [0.1, 0.15) is 0 Å². The minimum atomic E-state index is -0.220. The van der Waals surface area contributed by atoms with Crippen LogP contribution in [0, 0.1) is 5.92 Å². The third-order valence-corrected chi connectivity index (χ3v) is 4.28. The fraction of sp³-hybridized carbons (Fsp3) is 0.389. The number of benzene rings is 1. The normalized spacial score (nSPS) is 15.6. The molecule has 0 radical (unpaired) electrons. The Morgan fingerprint density at radius 3 is 2.58 bits per heavy atom. The molecule has 1 aromatic carbocycles. The average molecular weight is 399 g/mol. The van der Waals surface area contributed by atoms with Crippen LogP contribution in [0.25, 0.3) is 0 Å². The van der Waals surface area contributed by atoms with Crippen molar-refractivity contribution < 1.29 is 4.79 Å². The summed E-state index contributed by atoms with van der Waals surface area (Å²) in [5, 5.41) is 6.17. The maximum absolute atomic E-state index is 12.0. The van der Waals surface area contributed by atoms with Crippen LogP contribution in [0.2, 0.25) is 0 Å². The molecule has 0 bridgehead atoms. The number of H-pyrrole nitrogens is 1. The molecule has 3 N–H and O–H groups in total. The molecule has 2 heterocycles. The summed E-state index contributed by atoms with van der Waals surface area (Å²) in [4.78, 5) is 29.6. The van der Waals surface area contributed by atoms with E-state index in [4.69, 9.17) is 0 Å². The van der Waals surface area contributed by atoms with Crippen LogP contribution in [-0.4, -0.2) is 29.0 Å². The molecule has 1 amide bonds. The molecule has 6 nitrogen and oxygen atoms in total. The molecule has 8 heteroatoms. The number of nitrogens with zero attached hydrogens (tertiary/aromatic N) is 1. The van der Waals surface area contributed by atoms with Gasteiger partial charge < -0.3 is 15.6 Å². The van der Waals surface area contributed by atoms with Crippen molar-refractivity contribution >= 4 is 30.7 Å². The van der Waals surface area contributed by atoms with E-state index in [-0.39, 0.29) is 42.8 Å². The van der Waals surface area contributed by atoms with E-state index in [1.807, 2.05) is 12.1 Å². The van der Waals surface area contributed by atoms with Gasteiger partial charge in [0.2, 0.25) is 5.91 Å². The second-order valence-electron chi connectivity index (χ2n) is 6.24. The predicted molar refractivity (Wildman–Crippen MR) is 106 cm³/mol. The maximum Gasteiger partial charge on any atom is 0.250 e. The zero-order chi connectivity index (χ0) is 16.8. The molecular weight excluding hydrogens is 375 g/mol. The fourth-order valence-electron chi connectivity index (χ4n) is 2.96. The summed E-state index contributed by atoms with van der Waals surface area (Å²) < 4.78 is 0. The van der Waals surface area contributed by atoms with Crippen molar-refractivity contribution in [2.45, 2.75) is 25.8 Å². The smallest absolute Gasteiger partial charge is 0.250 e. The molecule has 142 valence electrons. The van der Waals surface area contributed by atoms with Crippen molar-refractivity contribution in [3.8, 4) is 0 Å². The van der Waals surface area contributed by atoms with Crippen LogP contribution < -0.4 is 16.2 Å². The topological polar surface area (TPSA) is 86.9 Å². The molecule has 26 heavy (non-hydrogen) atoms. The first-order valence-electron chi connectivity index (χ1n) is 8.28. The molecule has 2 aromatic rings. The molecule has 1 aromatic heterocycles. The van der Waals surface area contributed by atoms with E-state index in [0.717, 1.165) is 31.0 Å². The lowest BCUT2D eigenvalue weighted by molar-refractivity contribution is -0.120. The van der Waals surface area contributed by atoms with E-state index in [1.165, 1.54) is 24.4 Å². The van der Waals surface area contributed by atoms with Gasteiger partial charge in [0.15, 0.2) is 0 Å². The highest BCUT2D eigenvalue weighted by Gasteiger charge is 2.14. The molecule has 0 spiro atoms. The first-order valence-corrected chi connectivity index (χ1v) is 8.28. The lowest BCUT2D eigenvalue weighted by Crippen LogP contribution is -2.25. The van der Waals surface area contributed by atoms with Gasteiger partial charge in [-0.15, -0.1) is 24.8 Å². The number of amides is 1. The van der Waals surface area contributed by atoms with Crippen molar-refractivity contribution in [1.29, 1.82) is 0 Å². The lowest BCUT2D eigenvalue weighted by atomic mass is 9.97. The van der Waals surface area contributed by atoms with Crippen LogP contribution in [0.15, 0.2) is 41.5 Å². The molecular formula is C18H24Cl2N4O2. The minimum absolute atomic E-state index is 0. The number of hydrogen-bond donors (Lipinski definition) is 3. The Balaban J connectivity index is 0.00000169. The molecule has 1 fully saturated rings. The van der Waals surface area contributed by atoms with Crippen LogP contribution in [0.1, 0.15) is 23.2 Å². The number of aromatic nitrogens is 2. The SMILES string of the molecule is Cl.Cl.O=C(Cc1ccc(CC2CCNC2)cc1)NCc1cc(=O)[nH]cn1. The maximum atomic E-state index is 12.0. The summed E-state index contributed by atoms with van der Waals surface area (Å²) in [6, 6.07) is 9.64. The van der Waals surface area contributed by atoms with Crippen LogP contribution >= 0.6 is 24.8 Å². The largest absolute Gasteiger partial charge is 0.350 e. The van der Waals surface area contributed by atoms with Gasteiger partial charge in [0.05, 0.1) is 25.0 Å². The van der Waals surface area contributed by atoms with E-state index >= 15 is 0 Å². The molecule has 1 saturated heterocycles. The summed E-state index contributed by atoms with van der Waals surface area (Å²) in [5.41, 5.74) is 2.63. The Labute approximate surface area is 165 Å². The second kappa shape index (κ2) is 11.0. The Morgan fingerprint density at radius 2 is 1.92 bits per heavy atom. The van der Waals surface area contributed by atoms with Crippen LogP contribution in [0.5, 0.6) is 0 Å². The monoisotopic (exact) mass is 398 g/mol. The van der Waals surface area contributed by atoms with Crippen molar-refractivity contribution in [1.82, 2.24) is 20.6 Å². The number of nitrogens with one attached hydrogen (secondary N) is 3. The molecule has 3 rings (SSSR count). The summed E-state index contributed by atoms with van der Waals surface area (Å²) in [6.07, 6.45) is 3.99. The lowest BCUT2D eigenvalue weighted by Gasteiger charge is -2.09. The van der Waals surface area contributed by atoms with Crippen molar-refractivity contribution in [3.63, 3.8) is 0 Å². The quantitative estimate of drug-likeness (QED) is 0.689. The Hall–Kier alpha value is -1.89. The number of carbonyl (C=O) groups excluding carboxylic acids is 1. The first-order chi connectivity index (χ1) is 11.7. The highest BCUT2D eigenvalue weighted by molar-refractivity contribution is 5.85. The number of rotatable bonds is 6. The number of aromatic amines is 1. The number of halogens is 2. The highest BCUT2D eigenvalue weighted by Crippen LogP contribution is 2.15. The van der Waals surface area contributed by atoms with Crippen LogP contribution in [0.4, 0.5) is 0 Å². The Bertz CT molecular complexity index is 743. The second-order valence-corrected chi connectivity index (χ2v) is 6.24.